The van der Waals surface area contributed by atoms with Crippen LogP contribution in [0.3, 0.4) is 0 Å². The molecule has 0 N–H and O–H groups in total. The highest BCUT2D eigenvalue weighted by Gasteiger charge is 2.17. The maximum atomic E-state index is 2.37. The molecular formula is C46H30. The summed E-state index contributed by atoms with van der Waals surface area (Å²) in [6.45, 7) is 0. The van der Waals surface area contributed by atoms with Gasteiger partial charge < -0.3 is 0 Å². The van der Waals surface area contributed by atoms with E-state index in [9.17, 15) is 0 Å². The Morgan fingerprint density at radius 1 is 0.196 bits per heavy atom. The van der Waals surface area contributed by atoms with Gasteiger partial charge in [0.15, 0.2) is 0 Å². The summed E-state index contributed by atoms with van der Waals surface area (Å²) >= 11 is 0. The molecule has 0 atom stereocenters. The fraction of sp³-hybridized carbons (Fsp3) is 0. The van der Waals surface area contributed by atoms with Crippen molar-refractivity contribution in [1.29, 1.82) is 0 Å². The van der Waals surface area contributed by atoms with Gasteiger partial charge in [-0.2, -0.15) is 0 Å². The zero-order valence-corrected chi connectivity index (χ0v) is 25.3. The first-order chi connectivity index (χ1) is 22.8. The molecule has 0 unspecified atom stereocenters. The van der Waals surface area contributed by atoms with Crippen LogP contribution in [-0.2, 0) is 0 Å². The predicted octanol–water partition coefficient (Wildman–Crippen LogP) is 13.0. The smallest absolute Gasteiger partial charge is 0.00262 e. The molecule has 0 aromatic heterocycles. The number of hydrogen-bond donors (Lipinski definition) is 0. The van der Waals surface area contributed by atoms with Gasteiger partial charge in [-0.15, -0.1) is 0 Å². The Labute approximate surface area is 268 Å². The Morgan fingerprint density at radius 3 is 1.24 bits per heavy atom. The molecule has 0 heterocycles. The van der Waals surface area contributed by atoms with Gasteiger partial charge in [-0.05, 0) is 112 Å². The van der Waals surface area contributed by atoms with E-state index in [-0.39, 0.29) is 0 Å². The van der Waals surface area contributed by atoms with E-state index in [1.807, 2.05) is 0 Å². The minimum absolute atomic E-state index is 1.23. The molecule has 0 fully saturated rings. The molecule has 0 heteroatoms. The van der Waals surface area contributed by atoms with Crippen LogP contribution in [-0.4, -0.2) is 0 Å². The number of benzene rings is 9. The van der Waals surface area contributed by atoms with Gasteiger partial charge in [0.25, 0.3) is 0 Å². The molecule has 0 saturated carbocycles. The highest BCUT2D eigenvalue weighted by molar-refractivity contribution is 6.21. The van der Waals surface area contributed by atoms with Crippen LogP contribution in [0.4, 0.5) is 0 Å². The van der Waals surface area contributed by atoms with Crippen LogP contribution in [0.15, 0.2) is 182 Å². The molecular weight excluding hydrogens is 553 g/mol. The second-order valence-corrected chi connectivity index (χ2v) is 12.1. The van der Waals surface area contributed by atoms with E-state index < -0.39 is 0 Å². The van der Waals surface area contributed by atoms with E-state index in [0.29, 0.717) is 0 Å². The Balaban J connectivity index is 1.25. The lowest BCUT2D eigenvalue weighted by atomic mass is 9.85. The van der Waals surface area contributed by atoms with E-state index in [4.69, 9.17) is 0 Å². The van der Waals surface area contributed by atoms with E-state index in [1.165, 1.54) is 87.6 Å². The summed E-state index contributed by atoms with van der Waals surface area (Å²) in [5, 5.41) is 10.1. The number of hydrogen-bond acceptors (Lipinski definition) is 0. The minimum atomic E-state index is 1.23. The zero-order valence-electron chi connectivity index (χ0n) is 25.3. The summed E-state index contributed by atoms with van der Waals surface area (Å²) in [5.74, 6) is 0. The van der Waals surface area contributed by atoms with Crippen LogP contribution < -0.4 is 0 Å². The fourth-order valence-electron chi connectivity index (χ4n) is 7.19. The van der Waals surface area contributed by atoms with Crippen LogP contribution in [0.5, 0.6) is 0 Å². The topological polar surface area (TPSA) is 0 Å². The van der Waals surface area contributed by atoms with Crippen molar-refractivity contribution in [2.45, 2.75) is 0 Å². The molecule has 0 spiro atoms. The molecule has 9 aromatic rings. The highest BCUT2D eigenvalue weighted by atomic mass is 14.2. The van der Waals surface area contributed by atoms with Gasteiger partial charge in [0.2, 0.25) is 0 Å². The van der Waals surface area contributed by atoms with Gasteiger partial charge in [-0.25, -0.2) is 0 Å². The van der Waals surface area contributed by atoms with Crippen molar-refractivity contribution in [2.24, 2.45) is 0 Å². The maximum Gasteiger partial charge on any atom is -0.00262 e. The second-order valence-electron chi connectivity index (χ2n) is 12.1. The summed E-state index contributed by atoms with van der Waals surface area (Å²) in [6, 6.07) is 66.6. The van der Waals surface area contributed by atoms with E-state index >= 15 is 0 Å². The van der Waals surface area contributed by atoms with Crippen molar-refractivity contribution in [3.8, 4) is 44.5 Å². The van der Waals surface area contributed by atoms with Gasteiger partial charge in [-0.3, -0.25) is 0 Å². The summed E-state index contributed by atoms with van der Waals surface area (Å²) in [5.41, 5.74) is 9.97. The third kappa shape index (κ3) is 4.47. The van der Waals surface area contributed by atoms with E-state index in [1.54, 1.807) is 0 Å². The van der Waals surface area contributed by atoms with E-state index in [2.05, 4.69) is 182 Å². The monoisotopic (exact) mass is 582 g/mol. The molecule has 0 saturated heterocycles. The Morgan fingerprint density at radius 2 is 0.587 bits per heavy atom. The van der Waals surface area contributed by atoms with Gasteiger partial charge in [0, 0.05) is 0 Å². The molecule has 46 heavy (non-hydrogen) atoms. The SMILES string of the molecule is c1ccc(-c2ccc3ccc(-c4c5ccccc5c(-c5cccc(-c6ccc7ccccc7c6)c5)c5ccccc45)cc3c2)cc1. The lowest BCUT2D eigenvalue weighted by Gasteiger charge is -2.18. The van der Waals surface area contributed by atoms with E-state index in [0.717, 1.165) is 0 Å². The number of fused-ring (bicyclic) bond motifs is 4. The van der Waals surface area contributed by atoms with Crippen molar-refractivity contribution in [1.82, 2.24) is 0 Å². The van der Waals surface area contributed by atoms with Crippen molar-refractivity contribution in [3.05, 3.63) is 182 Å². The summed E-state index contributed by atoms with van der Waals surface area (Å²) in [7, 11) is 0. The molecule has 0 aliphatic heterocycles. The first-order valence-corrected chi connectivity index (χ1v) is 15.9. The average Bonchev–Trinajstić information content (AvgIpc) is 3.13. The van der Waals surface area contributed by atoms with Gasteiger partial charge >= 0.3 is 0 Å². The summed E-state index contributed by atoms with van der Waals surface area (Å²) < 4.78 is 0. The molecule has 0 bridgehead atoms. The lowest BCUT2D eigenvalue weighted by molar-refractivity contribution is 1.62. The van der Waals surface area contributed by atoms with Crippen LogP contribution in [0.1, 0.15) is 0 Å². The molecule has 214 valence electrons. The molecule has 0 nitrogen and oxygen atoms in total. The van der Waals surface area contributed by atoms with Gasteiger partial charge in [-0.1, -0.05) is 158 Å². The highest BCUT2D eigenvalue weighted by Crippen LogP contribution is 2.44. The molecule has 0 aliphatic carbocycles. The van der Waals surface area contributed by atoms with Crippen LogP contribution in [0.2, 0.25) is 0 Å². The average molecular weight is 583 g/mol. The lowest BCUT2D eigenvalue weighted by Crippen LogP contribution is -1.91. The summed E-state index contributed by atoms with van der Waals surface area (Å²) in [6.07, 6.45) is 0. The molecule has 9 aromatic carbocycles. The number of rotatable bonds is 4. The Bertz CT molecular complexity index is 2520. The zero-order chi connectivity index (χ0) is 30.5. The standard InChI is InChI=1S/C46H30/c1-2-11-31(12-3-1)36-24-22-33-23-26-39(30-40(33)29-36)46-43-19-8-6-17-41(43)45(42-18-7-9-20-44(42)46)38-16-10-15-35(28-38)37-25-21-32-13-4-5-14-34(32)27-37/h1-30H. The van der Waals surface area contributed by atoms with Gasteiger partial charge in [0.1, 0.15) is 0 Å². The molecule has 9 rings (SSSR count). The quantitative estimate of drug-likeness (QED) is 0.181. The van der Waals surface area contributed by atoms with Crippen LogP contribution >= 0.6 is 0 Å². The van der Waals surface area contributed by atoms with Crippen molar-refractivity contribution in [2.75, 3.05) is 0 Å². The molecule has 0 radical (unpaired) electrons. The van der Waals surface area contributed by atoms with Crippen LogP contribution in [0, 0.1) is 0 Å². The van der Waals surface area contributed by atoms with Crippen molar-refractivity contribution < 1.29 is 0 Å². The molecule has 0 aliphatic rings. The summed E-state index contributed by atoms with van der Waals surface area (Å²) in [4.78, 5) is 0. The first-order valence-electron chi connectivity index (χ1n) is 15.9. The third-order valence-corrected chi connectivity index (χ3v) is 9.40. The van der Waals surface area contributed by atoms with Crippen LogP contribution in [0.25, 0.3) is 87.6 Å². The Kier molecular flexibility index (Phi) is 6.25. The van der Waals surface area contributed by atoms with Crippen molar-refractivity contribution >= 4 is 43.1 Å². The third-order valence-electron chi connectivity index (χ3n) is 9.40. The molecule has 0 amide bonds. The maximum absolute atomic E-state index is 2.37. The predicted molar refractivity (Wildman–Crippen MR) is 198 cm³/mol. The first kappa shape index (κ1) is 26.4. The fourth-order valence-corrected chi connectivity index (χ4v) is 7.19. The normalized spacial score (nSPS) is 11.5. The van der Waals surface area contributed by atoms with Crippen molar-refractivity contribution in [3.63, 3.8) is 0 Å². The van der Waals surface area contributed by atoms with Gasteiger partial charge in [0.05, 0.1) is 0 Å². The second kappa shape index (κ2) is 10.9. The Hall–Kier alpha value is -5.98. The minimum Gasteiger partial charge on any atom is -0.0622 e. The largest absolute Gasteiger partial charge is 0.0622 e.